The van der Waals surface area contributed by atoms with Crippen molar-refractivity contribution in [2.24, 2.45) is 0 Å². The van der Waals surface area contributed by atoms with E-state index in [4.69, 9.17) is 28.4 Å². The van der Waals surface area contributed by atoms with Crippen molar-refractivity contribution in [3.8, 4) is 23.0 Å². The standard InChI is InChI=1S/C39H44O10/c1-4-36(40)46-27-11-7-5-9-25-44-32-17-13-30(14-18-32)38(42)48-34-21-23-35(24-22-34)49-39(43)31-15-19-33(20-16-31)45-26-10-6-8-12-28-47-37(41)29(2)3/h4,13-24H,1-2,5-12,25-28H2,3H3. The molecule has 0 aliphatic carbocycles. The summed E-state index contributed by atoms with van der Waals surface area (Å²) in [5.41, 5.74) is 1.13. The Morgan fingerprint density at radius 2 is 0.898 bits per heavy atom. The van der Waals surface area contributed by atoms with Crippen LogP contribution in [0.2, 0.25) is 0 Å². The Morgan fingerprint density at radius 3 is 1.29 bits per heavy atom. The molecule has 0 heterocycles. The van der Waals surface area contributed by atoms with Crippen LogP contribution in [0.4, 0.5) is 0 Å². The average Bonchev–Trinajstić information content (AvgIpc) is 3.11. The van der Waals surface area contributed by atoms with Crippen molar-refractivity contribution >= 4 is 23.9 Å². The average molecular weight is 673 g/mol. The zero-order chi connectivity index (χ0) is 35.3. The molecule has 0 saturated heterocycles. The van der Waals surface area contributed by atoms with E-state index in [1.807, 2.05) is 0 Å². The van der Waals surface area contributed by atoms with Gasteiger partial charge in [0.2, 0.25) is 0 Å². The molecule has 0 saturated carbocycles. The number of esters is 4. The zero-order valence-electron chi connectivity index (χ0n) is 28.0. The molecule has 0 bridgehead atoms. The van der Waals surface area contributed by atoms with Crippen LogP contribution in [0, 0.1) is 0 Å². The van der Waals surface area contributed by atoms with E-state index in [0.29, 0.717) is 66.1 Å². The van der Waals surface area contributed by atoms with E-state index in [0.717, 1.165) is 57.4 Å². The maximum absolute atomic E-state index is 12.6. The second-order valence-corrected chi connectivity index (χ2v) is 11.1. The molecule has 260 valence electrons. The minimum atomic E-state index is -0.530. The van der Waals surface area contributed by atoms with Crippen molar-refractivity contribution in [3.63, 3.8) is 0 Å². The molecule has 0 aromatic heterocycles. The first kappa shape index (κ1) is 38.1. The first-order valence-corrected chi connectivity index (χ1v) is 16.4. The molecule has 0 spiro atoms. The third kappa shape index (κ3) is 14.9. The molecule has 0 aliphatic rings. The van der Waals surface area contributed by atoms with Gasteiger partial charge in [0.15, 0.2) is 0 Å². The van der Waals surface area contributed by atoms with E-state index in [1.54, 1.807) is 79.7 Å². The Labute approximate surface area is 287 Å². The van der Waals surface area contributed by atoms with E-state index >= 15 is 0 Å². The Balaban J connectivity index is 1.31. The number of benzene rings is 3. The summed E-state index contributed by atoms with van der Waals surface area (Å²) in [6.45, 7) is 10.4. The molecule has 0 radical (unpaired) electrons. The maximum atomic E-state index is 12.6. The Hall–Kier alpha value is -5.38. The van der Waals surface area contributed by atoms with E-state index in [1.165, 1.54) is 0 Å². The van der Waals surface area contributed by atoms with E-state index in [9.17, 15) is 19.2 Å². The fourth-order valence-electron chi connectivity index (χ4n) is 4.30. The van der Waals surface area contributed by atoms with Crippen LogP contribution in [-0.2, 0) is 19.1 Å². The molecule has 3 rings (SSSR count). The van der Waals surface area contributed by atoms with Gasteiger partial charge in [-0.25, -0.2) is 19.2 Å². The maximum Gasteiger partial charge on any atom is 0.343 e. The molecule has 3 aromatic rings. The van der Waals surface area contributed by atoms with Gasteiger partial charge in [-0.15, -0.1) is 0 Å². The minimum absolute atomic E-state index is 0.303. The van der Waals surface area contributed by atoms with Crippen molar-refractivity contribution in [1.29, 1.82) is 0 Å². The van der Waals surface area contributed by atoms with Crippen LogP contribution in [0.3, 0.4) is 0 Å². The first-order chi connectivity index (χ1) is 23.7. The van der Waals surface area contributed by atoms with Crippen LogP contribution in [0.1, 0.15) is 79.0 Å². The number of hydrogen-bond acceptors (Lipinski definition) is 10. The summed E-state index contributed by atoms with van der Waals surface area (Å²) in [5.74, 6) is 0.0740. The lowest BCUT2D eigenvalue weighted by Gasteiger charge is -2.09. The van der Waals surface area contributed by atoms with Crippen molar-refractivity contribution in [2.45, 2.75) is 58.3 Å². The lowest BCUT2D eigenvalue weighted by atomic mass is 10.2. The number of hydrogen-bond donors (Lipinski definition) is 0. The van der Waals surface area contributed by atoms with Crippen molar-refractivity contribution in [2.75, 3.05) is 26.4 Å². The minimum Gasteiger partial charge on any atom is -0.494 e. The normalized spacial score (nSPS) is 10.4. The Bertz CT molecular complexity index is 1510. The molecule has 0 atom stereocenters. The van der Waals surface area contributed by atoms with Gasteiger partial charge in [0.1, 0.15) is 23.0 Å². The number of rotatable bonds is 22. The summed E-state index contributed by atoms with van der Waals surface area (Å²) in [6.07, 6.45) is 8.18. The van der Waals surface area contributed by atoms with Gasteiger partial charge in [-0.2, -0.15) is 0 Å². The monoisotopic (exact) mass is 672 g/mol. The zero-order valence-corrected chi connectivity index (χ0v) is 28.0. The van der Waals surface area contributed by atoms with Gasteiger partial charge in [-0.1, -0.05) is 13.2 Å². The molecule has 3 aromatic carbocycles. The topological polar surface area (TPSA) is 124 Å². The van der Waals surface area contributed by atoms with Crippen molar-refractivity contribution in [1.82, 2.24) is 0 Å². The summed E-state index contributed by atoms with van der Waals surface area (Å²) in [7, 11) is 0. The molecule has 49 heavy (non-hydrogen) atoms. The third-order valence-corrected chi connectivity index (χ3v) is 7.03. The molecule has 0 amide bonds. The van der Waals surface area contributed by atoms with Crippen LogP contribution in [0.15, 0.2) is 97.6 Å². The molecular weight excluding hydrogens is 628 g/mol. The number of carbonyl (C=O) groups excluding carboxylic acids is 4. The molecule has 0 aliphatic heterocycles. The first-order valence-electron chi connectivity index (χ1n) is 16.4. The smallest absolute Gasteiger partial charge is 0.343 e. The lowest BCUT2D eigenvalue weighted by Crippen LogP contribution is -2.10. The summed E-state index contributed by atoms with van der Waals surface area (Å²) in [6, 6.07) is 19.6. The fraction of sp³-hybridized carbons (Fsp3) is 0.333. The van der Waals surface area contributed by atoms with E-state index in [2.05, 4.69) is 13.2 Å². The van der Waals surface area contributed by atoms with Gasteiger partial charge in [0, 0.05) is 11.6 Å². The molecular formula is C39H44O10. The van der Waals surface area contributed by atoms with Crippen molar-refractivity contribution in [3.05, 3.63) is 109 Å². The summed E-state index contributed by atoms with van der Waals surface area (Å²) in [4.78, 5) is 47.6. The number of unbranched alkanes of at least 4 members (excludes halogenated alkanes) is 6. The van der Waals surface area contributed by atoms with Gasteiger partial charge in [-0.05, 0) is 131 Å². The highest BCUT2D eigenvalue weighted by Gasteiger charge is 2.12. The molecule has 0 unspecified atom stereocenters. The number of carbonyl (C=O) groups is 4. The predicted octanol–water partition coefficient (Wildman–Crippen LogP) is 7.85. The predicted molar refractivity (Wildman–Crippen MR) is 184 cm³/mol. The molecule has 0 N–H and O–H groups in total. The van der Waals surface area contributed by atoms with Gasteiger partial charge < -0.3 is 28.4 Å². The van der Waals surface area contributed by atoms with Crippen LogP contribution < -0.4 is 18.9 Å². The largest absolute Gasteiger partial charge is 0.494 e. The highest BCUT2D eigenvalue weighted by Crippen LogP contribution is 2.22. The molecule has 10 heteroatoms. The fourth-order valence-corrected chi connectivity index (χ4v) is 4.30. The third-order valence-electron chi connectivity index (χ3n) is 7.03. The van der Waals surface area contributed by atoms with E-state index in [-0.39, 0.29) is 5.97 Å². The Kier molecular flexibility index (Phi) is 16.7. The summed E-state index contributed by atoms with van der Waals surface area (Å²) < 4.78 is 32.4. The van der Waals surface area contributed by atoms with Crippen LogP contribution >= 0.6 is 0 Å². The lowest BCUT2D eigenvalue weighted by molar-refractivity contribution is -0.139. The summed E-state index contributed by atoms with van der Waals surface area (Å²) in [5, 5.41) is 0. The quantitative estimate of drug-likeness (QED) is 0.0451. The molecule has 10 nitrogen and oxygen atoms in total. The van der Waals surface area contributed by atoms with Crippen LogP contribution in [-0.4, -0.2) is 50.3 Å². The van der Waals surface area contributed by atoms with Gasteiger partial charge >= 0.3 is 23.9 Å². The van der Waals surface area contributed by atoms with Gasteiger partial charge in [0.05, 0.1) is 37.6 Å². The summed E-state index contributed by atoms with van der Waals surface area (Å²) >= 11 is 0. The van der Waals surface area contributed by atoms with E-state index < -0.39 is 17.9 Å². The number of ether oxygens (including phenoxy) is 6. The second kappa shape index (κ2) is 21.5. The highest BCUT2D eigenvalue weighted by molar-refractivity contribution is 5.92. The van der Waals surface area contributed by atoms with Crippen LogP contribution in [0.25, 0.3) is 0 Å². The van der Waals surface area contributed by atoms with Crippen molar-refractivity contribution < 1.29 is 47.6 Å². The van der Waals surface area contributed by atoms with Crippen LogP contribution in [0.5, 0.6) is 23.0 Å². The van der Waals surface area contributed by atoms with Gasteiger partial charge in [-0.3, -0.25) is 0 Å². The highest BCUT2D eigenvalue weighted by atomic mass is 16.5. The SMILES string of the molecule is C=CC(=O)OCCCCCCOc1ccc(C(=O)Oc2ccc(OC(=O)c3ccc(OCCCCCCOC(=O)C(=C)C)cc3)cc2)cc1. The van der Waals surface area contributed by atoms with Gasteiger partial charge in [0.25, 0.3) is 0 Å². The second-order valence-electron chi connectivity index (χ2n) is 11.1. The molecule has 0 fully saturated rings. The Morgan fingerprint density at radius 1 is 0.531 bits per heavy atom.